The maximum absolute atomic E-state index is 11.8. The molecule has 4 nitrogen and oxygen atoms in total. The van der Waals surface area contributed by atoms with Gasteiger partial charge in [-0.25, -0.2) is 4.99 Å². The predicted octanol–water partition coefficient (Wildman–Crippen LogP) is 3.00. The van der Waals surface area contributed by atoms with Crippen molar-refractivity contribution in [3.63, 3.8) is 0 Å². The van der Waals surface area contributed by atoms with Crippen LogP contribution in [-0.2, 0) is 4.79 Å². The molecule has 0 fully saturated rings. The van der Waals surface area contributed by atoms with E-state index in [-0.39, 0.29) is 11.8 Å². The van der Waals surface area contributed by atoms with Crippen molar-refractivity contribution in [2.24, 2.45) is 10.9 Å². The highest BCUT2D eigenvalue weighted by molar-refractivity contribution is 7.97. The van der Waals surface area contributed by atoms with Crippen LogP contribution in [-0.4, -0.2) is 21.7 Å². The maximum Gasteiger partial charge on any atom is 0.227 e. The van der Waals surface area contributed by atoms with E-state index in [2.05, 4.69) is 40.6 Å². The zero-order valence-electron chi connectivity index (χ0n) is 12.7. The van der Waals surface area contributed by atoms with E-state index in [1.807, 2.05) is 33.8 Å². The number of aryl methyl sites for hydroxylation is 1. The van der Waals surface area contributed by atoms with Crippen molar-refractivity contribution in [3.05, 3.63) is 41.0 Å². The van der Waals surface area contributed by atoms with Crippen LogP contribution in [0, 0.1) is 12.8 Å². The number of hydrogen-bond acceptors (Lipinski definition) is 4. The smallest absolute Gasteiger partial charge is 0.227 e. The van der Waals surface area contributed by atoms with Crippen molar-refractivity contribution in [2.75, 3.05) is 5.75 Å². The molecular weight excluding hydrogens is 302 g/mol. The van der Waals surface area contributed by atoms with Crippen molar-refractivity contribution in [1.29, 1.82) is 0 Å². The summed E-state index contributed by atoms with van der Waals surface area (Å²) in [5.41, 5.74) is 3.31. The van der Waals surface area contributed by atoms with Gasteiger partial charge in [-0.3, -0.25) is 9.78 Å². The molecule has 0 aliphatic heterocycles. The molecule has 1 rings (SSSR count). The van der Waals surface area contributed by atoms with Crippen LogP contribution in [0.15, 0.2) is 34.8 Å². The molecule has 0 spiro atoms. The maximum atomic E-state index is 11.8. The summed E-state index contributed by atoms with van der Waals surface area (Å²) in [7, 11) is 0. The van der Waals surface area contributed by atoms with Gasteiger partial charge in [0.15, 0.2) is 0 Å². The number of amides is 1. The highest BCUT2D eigenvalue weighted by atomic mass is 32.1. The third-order valence-corrected chi connectivity index (χ3v) is 3.89. The molecule has 0 bridgehead atoms. The highest BCUT2D eigenvalue weighted by Gasteiger charge is 2.11. The van der Waals surface area contributed by atoms with Crippen molar-refractivity contribution < 1.29 is 4.79 Å². The molecule has 1 aromatic rings. The second-order valence-corrected chi connectivity index (χ2v) is 5.76. The lowest BCUT2D eigenvalue weighted by atomic mass is 10.2. The lowest BCUT2D eigenvalue weighted by Crippen LogP contribution is -2.29. The summed E-state index contributed by atoms with van der Waals surface area (Å²) in [6.07, 6.45) is 3.49. The van der Waals surface area contributed by atoms with E-state index < -0.39 is 0 Å². The number of pyridine rings is 1. The Kier molecular flexibility index (Phi) is 6.98. The standard InChI is InChI=1S/C15H21N3OS2/c1-9-5-13(7-16-6-9)15(21)18-12(4)11(3)17-14(19)10(2)8-20/h5-7,10,20H,8H2,1-4H3,(H,17,19)(H,18,21)/b12-11+. The molecule has 114 valence electrons. The molecule has 0 aliphatic carbocycles. The molecule has 21 heavy (non-hydrogen) atoms. The second-order valence-electron chi connectivity index (χ2n) is 4.97. The first kappa shape index (κ1) is 17.8. The Hall–Kier alpha value is -1.27. The van der Waals surface area contributed by atoms with Gasteiger partial charge in [0.1, 0.15) is 5.04 Å². The first-order chi connectivity index (χ1) is 9.85. The molecule has 0 aromatic carbocycles. The Bertz CT molecular complexity index is 582. The third-order valence-electron chi connectivity index (χ3n) is 2.98. The van der Waals surface area contributed by atoms with Gasteiger partial charge in [-0.1, -0.05) is 6.92 Å². The molecule has 6 heteroatoms. The van der Waals surface area contributed by atoms with Crippen LogP contribution in [0.25, 0.3) is 0 Å². The van der Waals surface area contributed by atoms with Crippen molar-refractivity contribution in [2.45, 2.75) is 27.7 Å². The van der Waals surface area contributed by atoms with Crippen molar-refractivity contribution >= 4 is 36.2 Å². The zero-order valence-corrected chi connectivity index (χ0v) is 14.5. The largest absolute Gasteiger partial charge is 0.328 e. The van der Waals surface area contributed by atoms with Gasteiger partial charge < -0.3 is 5.32 Å². The van der Waals surface area contributed by atoms with Crippen molar-refractivity contribution in [1.82, 2.24) is 10.3 Å². The van der Waals surface area contributed by atoms with Gasteiger partial charge >= 0.3 is 0 Å². The summed E-state index contributed by atoms with van der Waals surface area (Å²) in [4.78, 5) is 20.3. The second kappa shape index (κ2) is 8.24. The third kappa shape index (κ3) is 5.55. The molecule has 1 amide bonds. The lowest BCUT2D eigenvalue weighted by Gasteiger charge is -2.11. The summed E-state index contributed by atoms with van der Waals surface area (Å²) in [6, 6.07) is 1.96. The molecule has 0 saturated heterocycles. The van der Waals surface area contributed by atoms with Crippen LogP contribution >= 0.6 is 25.3 Å². The zero-order chi connectivity index (χ0) is 16.0. The molecular formula is C15H21N3OS2. The van der Waals surface area contributed by atoms with Crippen LogP contribution in [0.2, 0.25) is 0 Å². The number of nitrogens with zero attached hydrogens (tertiary/aromatic N) is 2. The number of carbonyl (C=O) groups excluding carboxylic acids is 1. The highest BCUT2D eigenvalue weighted by Crippen LogP contribution is 2.11. The van der Waals surface area contributed by atoms with Gasteiger partial charge in [-0.15, -0.1) is 12.6 Å². The molecule has 0 radical (unpaired) electrons. The number of rotatable bonds is 5. The SMILES string of the molecule is CC(/N=C(\S)c1cncc(C)c1)=C(/C)NC(=O)C(C)CS. The van der Waals surface area contributed by atoms with E-state index in [0.717, 1.165) is 11.1 Å². The van der Waals surface area contributed by atoms with Crippen LogP contribution in [0.1, 0.15) is 31.9 Å². The van der Waals surface area contributed by atoms with E-state index in [1.165, 1.54) is 0 Å². The van der Waals surface area contributed by atoms with E-state index in [4.69, 9.17) is 0 Å². The molecule has 0 aliphatic rings. The van der Waals surface area contributed by atoms with E-state index in [0.29, 0.717) is 22.2 Å². The summed E-state index contributed by atoms with van der Waals surface area (Å²) in [5, 5.41) is 3.40. The number of allylic oxidation sites excluding steroid dienone is 2. The van der Waals surface area contributed by atoms with Gasteiger partial charge in [-0.2, -0.15) is 12.6 Å². The van der Waals surface area contributed by atoms with Gasteiger partial charge in [-0.05, 0) is 32.4 Å². The van der Waals surface area contributed by atoms with Gasteiger partial charge in [0.05, 0.1) is 5.70 Å². The number of carbonyl (C=O) groups is 1. The van der Waals surface area contributed by atoms with Crippen LogP contribution in [0.4, 0.5) is 0 Å². The minimum absolute atomic E-state index is 0.0602. The van der Waals surface area contributed by atoms with Crippen molar-refractivity contribution in [3.8, 4) is 0 Å². The predicted molar refractivity (Wildman–Crippen MR) is 94.0 cm³/mol. The number of thiol groups is 2. The fourth-order valence-electron chi connectivity index (χ4n) is 1.47. The quantitative estimate of drug-likeness (QED) is 0.443. The Morgan fingerprint density at radius 2 is 2.10 bits per heavy atom. The van der Waals surface area contributed by atoms with Crippen LogP contribution in [0.5, 0.6) is 0 Å². The van der Waals surface area contributed by atoms with Crippen LogP contribution in [0.3, 0.4) is 0 Å². The summed E-state index contributed by atoms with van der Waals surface area (Å²) >= 11 is 8.52. The van der Waals surface area contributed by atoms with E-state index in [9.17, 15) is 4.79 Å². The number of hydrogen-bond donors (Lipinski definition) is 3. The first-order valence-corrected chi connectivity index (χ1v) is 7.72. The minimum atomic E-state index is -0.142. The van der Waals surface area contributed by atoms with E-state index >= 15 is 0 Å². The molecule has 1 unspecified atom stereocenters. The molecule has 1 atom stereocenters. The molecule has 1 N–H and O–H groups in total. The van der Waals surface area contributed by atoms with E-state index in [1.54, 1.807) is 12.4 Å². The fraction of sp³-hybridized carbons (Fsp3) is 0.400. The number of aliphatic imine (C=N–C) groups is 1. The Balaban J connectivity index is 2.91. The Morgan fingerprint density at radius 3 is 2.67 bits per heavy atom. The summed E-state index contributed by atoms with van der Waals surface area (Å²) < 4.78 is 0. The normalized spacial score (nSPS) is 14.5. The monoisotopic (exact) mass is 323 g/mol. The fourth-order valence-corrected chi connectivity index (χ4v) is 1.90. The first-order valence-electron chi connectivity index (χ1n) is 6.64. The average Bonchev–Trinajstić information content (AvgIpc) is 2.45. The molecule has 1 heterocycles. The summed E-state index contributed by atoms with van der Waals surface area (Å²) in [5.74, 6) is 0.306. The van der Waals surface area contributed by atoms with Gasteiger partial charge in [0, 0.05) is 35.3 Å². The number of aromatic nitrogens is 1. The van der Waals surface area contributed by atoms with Gasteiger partial charge in [0.2, 0.25) is 5.91 Å². The minimum Gasteiger partial charge on any atom is -0.328 e. The van der Waals surface area contributed by atoms with Gasteiger partial charge in [0.25, 0.3) is 0 Å². The Labute approximate surface area is 137 Å². The Morgan fingerprint density at radius 1 is 1.43 bits per heavy atom. The molecule has 0 saturated carbocycles. The van der Waals surface area contributed by atoms with Crippen LogP contribution < -0.4 is 5.32 Å². The molecule has 1 aromatic heterocycles. The number of nitrogens with one attached hydrogen (secondary N) is 1. The topological polar surface area (TPSA) is 54.4 Å². The average molecular weight is 323 g/mol. The lowest BCUT2D eigenvalue weighted by molar-refractivity contribution is -0.123. The summed E-state index contributed by atoms with van der Waals surface area (Å²) in [6.45, 7) is 7.44.